The Morgan fingerprint density at radius 1 is 1.25 bits per heavy atom. The molecule has 0 aliphatic carbocycles. The van der Waals surface area contributed by atoms with Crippen LogP contribution in [-0.4, -0.2) is 18.5 Å². The molecule has 1 N–H and O–H groups in total. The van der Waals surface area contributed by atoms with Gasteiger partial charge in [0.25, 0.3) is 5.91 Å². The average Bonchev–Trinajstić information content (AvgIpc) is 2.86. The van der Waals surface area contributed by atoms with Crippen molar-refractivity contribution >= 4 is 33.5 Å². The zero-order valence-electron chi connectivity index (χ0n) is 10.7. The molecule has 0 aliphatic heterocycles. The standard InChI is InChI=1S/C14H12BrNO4/c1-2-19-14(18)9-3-5-10(6-4-9)16-13(17)11-7-8-20-12(11)15/h3-8H,2H2,1H3,(H,16,17). The van der Waals surface area contributed by atoms with Gasteiger partial charge >= 0.3 is 5.97 Å². The van der Waals surface area contributed by atoms with Gasteiger partial charge in [-0.25, -0.2) is 4.79 Å². The number of rotatable bonds is 4. The Hall–Kier alpha value is -2.08. The normalized spacial score (nSPS) is 10.1. The van der Waals surface area contributed by atoms with Crippen molar-refractivity contribution in [2.24, 2.45) is 0 Å². The van der Waals surface area contributed by atoms with Gasteiger partial charge in [0.1, 0.15) is 0 Å². The van der Waals surface area contributed by atoms with Gasteiger partial charge in [-0.3, -0.25) is 4.79 Å². The molecule has 1 aromatic carbocycles. The van der Waals surface area contributed by atoms with Crippen LogP contribution < -0.4 is 5.32 Å². The van der Waals surface area contributed by atoms with Gasteiger partial charge in [0.2, 0.25) is 0 Å². The first-order valence-electron chi connectivity index (χ1n) is 5.93. The number of carbonyl (C=O) groups excluding carboxylic acids is 2. The lowest BCUT2D eigenvalue weighted by Gasteiger charge is -2.05. The minimum Gasteiger partial charge on any atom is -0.462 e. The van der Waals surface area contributed by atoms with Crippen molar-refractivity contribution in [3.63, 3.8) is 0 Å². The van der Waals surface area contributed by atoms with Crippen molar-refractivity contribution in [3.8, 4) is 0 Å². The Bertz CT molecular complexity index is 618. The Morgan fingerprint density at radius 2 is 1.95 bits per heavy atom. The van der Waals surface area contributed by atoms with E-state index in [1.807, 2.05) is 0 Å². The Kier molecular flexibility index (Phi) is 4.57. The van der Waals surface area contributed by atoms with E-state index < -0.39 is 0 Å². The van der Waals surface area contributed by atoms with Crippen molar-refractivity contribution in [1.29, 1.82) is 0 Å². The molecular formula is C14H12BrNO4. The lowest BCUT2D eigenvalue weighted by molar-refractivity contribution is 0.0526. The molecule has 5 nitrogen and oxygen atoms in total. The van der Waals surface area contributed by atoms with Gasteiger partial charge in [-0.15, -0.1) is 0 Å². The van der Waals surface area contributed by atoms with Crippen LogP contribution in [-0.2, 0) is 4.74 Å². The first-order chi connectivity index (χ1) is 9.61. The molecule has 104 valence electrons. The zero-order chi connectivity index (χ0) is 14.5. The lowest BCUT2D eigenvalue weighted by atomic mass is 10.2. The van der Waals surface area contributed by atoms with Crippen molar-refractivity contribution in [2.45, 2.75) is 6.92 Å². The summed E-state index contributed by atoms with van der Waals surface area (Å²) in [7, 11) is 0. The molecule has 2 aromatic rings. The fraction of sp³-hybridized carbons (Fsp3) is 0.143. The van der Waals surface area contributed by atoms with Crippen LogP contribution in [0.1, 0.15) is 27.6 Å². The third-order valence-corrected chi connectivity index (χ3v) is 3.13. The van der Waals surface area contributed by atoms with E-state index in [0.29, 0.717) is 28.1 Å². The number of halogens is 1. The minimum absolute atomic E-state index is 0.297. The van der Waals surface area contributed by atoms with Crippen molar-refractivity contribution in [3.05, 3.63) is 52.4 Å². The molecule has 0 atom stereocenters. The minimum atomic E-state index is -0.386. The first kappa shape index (κ1) is 14.3. The maximum Gasteiger partial charge on any atom is 0.338 e. The highest BCUT2D eigenvalue weighted by Gasteiger charge is 2.13. The average molecular weight is 338 g/mol. The lowest BCUT2D eigenvalue weighted by Crippen LogP contribution is -2.11. The molecule has 0 aliphatic rings. The largest absolute Gasteiger partial charge is 0.462 e. The summed E-state index contributed by atoms with van der Waals surface area (Å²) < 4.78 is 10.2. The molecular weight excluding hydrogens is 326 g/mol. The molecule has 0 spiro atoms. The summed E-state index contributed by atoms with van der Waals surface area (Å²) in [5.74, 6) is -0.683. The number of ether oxygens (including phenoxy) is 1. The van der Waals surface area contributed by atoms with Gasteiger partial charge in [-0.1, -0.05) is 0 Å². The molecule has 6 heteroatoms. The molecule has 0 bridgehead atoms. The van der Waals surface area contributed by atoms with Crippen molar-refractivity contribution in [2.75, 3.05) is 11.9 Å². The third-order valence-electron chi connectivity index (χ3n) is 2.52. The number of hydrogen-bond donors (Lipinski definition) is 1. The predicted molar refractivity (Wildman–Crippen MR) is 76.8 cm³/mol. The summed E-state index contributed by atoms with van der Waals surface area (Å²) >= 11 is 3.14. The van der Waals surface area contributed by atoms with E-state index in [-0.39, 0.29) is 11.9 Å². The number of furan rings is 1. The molecule has 0 unspecified atom stereocenters. The molecule has 2 rings (SSSR count). The maximum atomic E-state index is 11.9. The smallest absolute Gasteiger partial charge is 0.338 e. The van der Waals surface area contributed by atoms with Crippen LogP contribution in [0.15, 0.2) is 45.7 Å². The number of hydrogen-bond acceptors (Lipinski definition) is 4. The SMILES string of the molecule is CCOC(=O)c1ccc(NC(=O)c2ccoc2Br)cc1. The summed E-state index contributed by atoms with van der Waals surface area (Å²) in [6.45, 7) is 2.07. The summed E-state index contributed by atoms with van der Waals surface area (Å²) in [6.07, 6.45) is 1.42. The van der Waals surface area contributed by atoms with E-state index in [1.165, 1.54) is 6.26 Å². The van der Waals surface area contributed by atoms with Gasteiger partial charge in [0.15, 0.2) is 4.67 Å². The van der Waals surface area contributed by atoms with Crippen LogP contribution in [0.25, 0.3) is 0 Å². The second-order valence-corrected chi connectivity index (χ2v) is 4.58. The molecule has 20 heavy (non-hydrogen) atoms. The van der Waals surface area contributed by atoms with Crippen LogP contribution in [0, 0.1) is 0 Å². The van der Waals surface area contributed by atoms with E-state index in [0.717, 1.165) is 0 Å². The highest BCUT2D eigenvalue weighted by Crippen LogP contribution is 2.19. The number of benzene rings is 1. The van der Waals surface area contributed by atoms with Gasteiger partial charge in [0, 0.05) is 5.69 Å². The molecule has 1 aromatic heterocycles. The fourth-order valence-electron chi connectivity index (χ4n) is 1.56. The predicted octanol–water partition coefficient (Wildman–Crippen LogP) is 3.47. The van der Waals surface area contributed by atoms with Crippen LogP contribution >= 0.6 is 15.9 Å². The Morgan fingerprint density at radius 3 is 2.50 bits per heavy atom. The van der Waals surface area contributed by atoms with E-state index in [4.69, 9.17) is 9.15 Å². The fourth-order valence-corrected chi connectivity index (χ4v) is 1.98. The van der Waals surface area contributed by atoms with Crippen molar-refractivity contribution < 1.29 is 18.7 Å². The third kappa shape index (κ3) is 3.27. The second kappa shape index (κ2) is 6.38. The molecule has 0 fully saturated rings. The van der Waals surface area contributed by atoms with Gasteiger partial charge in [-0.2, -0.15) is 0 Å². The van der Waals surface area contributed by atoms with E-state index >= 15 is 0 Å². The summed E-state index contributed by atoms with van der Waals surface area (Å²) in [4.78, 5) is 23.4. The molecule has 0 radical (unpaired) electrons. The Labute approximate surface area is 124 Å². The van der Waals surface area contributed by atoms with Crippen LogP contribution in [0.3, 0.4) is 0 Å². The molecule has 1 amide bonds. The van der Waals surface area contributed by atoms with Gasteiger partial charge in [-0.05, 0) is 53.2 Å². The summed E-state index contributed by atoms with van der Waals surface area (Å²) in [5, 5.41) is 2.70. The number of amides is 1. The van der Waals surface area contributed by atoms with E-state index in [2.05, 4.69) is 21.2 Å². The second-order valence-electron chi connectivity index (χ2n) is 3.86. The van der Waals surface area contributed by atoms with E-state index in [1.54, 1.807) is 37.3 Å². The zero-order valence-corrected chi connectivity index (χ0v) is 12.3. The van der Waals surface area contributed by atoms with Crippen LogP contribution in [0.4, 0.5) is 5.69 Å². The highest BCUT2D eigenvalue weighted by atomic mass is 79.9. The van der Waals surface area contributed by atoms with Gasteiger partial charge < -0.3 is 14.5 Å². The number of anilines is 1. The number of nitrogens with one attached hydrogen (secondary N) is 1. The number of esters is 1. The monoisotopic (exact) mass is 337 g/mol. The summed E-state index contributed by atoms with van der Waals surface area (Å²) in [6, 6.07) is 8.03. The van der Waals surface area contributed by atoms with Gasteiger partial charge in [0.05, 0.1) is 24.0 Å². The highest BCUT2D eigenvalue weighted by molar-refractivity contribution is 9.10. The van der Waals surface area contributed by atoms with Crippen LogP contribution in [0.2, 0.25) is 0 Å². The van der Waals surface area contributed by atoms with Crippen molar-refractivity contribution in [1.82, 2.24) is 0 Å². The number of carbonyl (C=O) groups is 2. The molecule has 0 saturated heterocycles. The summed E-state index contributed by atoms with van der Waals surface area (Å²) in [5.41, 5.74) is 1.42. The molecule has 1 heterocycles. The topological polar surface area (TPSA) is 68.5 Å². The van der Waals surface area contributed by atoms with Crippen LogP contribution in [0.5, 0.6) is 0 Å². The Balaban J connectivity index is 2.06. The molecule has 0 saturated carbocycles. The first-order valence-corrected chi connectivity index (χ1v) is 6.72. The van der Waals surface area contributed by atoms with E-state index in [9.17, 15) is 9.59 Å². The maximum absolute atomic E-state index is 11.9. The quantitative estimate of drug-likeness (QED) is 0.867.